The lowest BCUT2D eigenvalue weighted by Gasteiger charge is -2.37. The smallest absolute Gasteiger partial charge is 0.321 e. The minimum absolute atomic E-state index is 0.224. The molecule has 0 spiro atoms. The van der Waals surface area contributed by atoms with Crippen LogP contribution in [0.1, 0.15) is 52.4 Å². The molecule has 3 heteroatoms. The molecule has 1 N–H and O–H groups in total. The third kappa shape index (κ3) is 2.65. The topological polar surface area (TPSA) is 40.5 Å². The molecule has 2 fully saturated rings. The average Bonchev–Trinajstić information content (AvgIpc) is 2.71. The maximum atomic E-state index is 11.3. The van der Waals surface area contributed by atoms with Crippen LogP contribution in [0.4, 0.5) is 0 Å². The fourth-order valence-corrected chi connectivity index (χ4v) is 3.66. The number of rotatable bonds is 3. The van der Waals surface area contributed by atoms with Crippen LogP contribution in [0.3, 0.4) is 0 Å². The normalized spacial score (nSPS) is 39.4. The molecule has 1 heterocycles. The Kier molecular flexibility index (Phi) is 4.08. The Bertz CT molecular complexity index is 271. The Morgan fingerprint density at radius 2 is 1.88 bits per heavy atom. The lowest BCUT2D eigenvalue weighted by Crippen LogP contribution is -2.46. The van der Waals surface area contributed by atoms with Gasteiger partial charge in [0.25, 0.3) is 0 Å². The monoisotopic (exact) mass is 239 g/mol. The van der Waals surface area contributed by atoms with Crippen molar-refractivity contribution in [3.05, 3.63) is 0 Å². The molecule has 0 radical (unpaired) electrons. The lowest BCUT2D eigenvalue weighted by molar-refractivity contribution is -0.144. The third-order valence-corrected chi connectivity index (χ3v) is 4.85. The summed E-state index contributed by atoms with van der Waals surface area (Å²) >= 11 is 0. The Morgan fingerprint density at radius 1 is 1.24 bits per heavy atom. The van der Waals surface area contributed by atoms with E-state index in [4.69, 9.17) is 0 Å². The number of hydrogen-bond donors (Lipinski definition) is 1. The van der Waals surface area contributed by atoms with Gasteiger partial charge in [0.1, 0.15) is 6.04 Å². The second kappa shape index (κ2) is 5.38. The summed E-state index contributed by atoms with van der Waals surface area (Å²) in [6.45, 7) is 5.33. The van der Waals surface area contributed by atoms with Crippen LogP contribution in [-0.2, 0) is 4.79 Å². The van der Waals surface area contributed by atoms with Gasteiger partial charge in [-0.3, -0.25) is 9.69 Å². The van der Waals surface area contributed by atoms with E-state index in [0.29, 0.717) is 12.0 Å². The van der Waals surface area contributed by atoms with Gasteiger partial charge in [0.2, 0.25) is 0 Å². The number of nitrogens with zero attached hydrogens (tertiary/aromatic N) is 1. The summed E-state index contributed by atoms with van der Waals surface area (Å²) in [5, 5.41) is 9.34. The average molecular weight is 239 g/mol. The Hall–Kier alpha value is -0.570. The van der Waals surface area contributed by atoms with Crippen LogP contribution in [0.25, 0.3) is 0 Å². The second-order valence-electron chi connectivity index (χ2n) is 5.87. The molecule has 1 aliphatic carbocycles. The molecule has 0 aromatic carbocycles. The van der Waals surface area contributed by atoms with E-state index in [2.05, 4.69) is 18.7 Å². The van der Waals surface area contributed by atoms with Gasteiger partial charge in [-0.25, -0.2) is 0 Å². The van der Waals surface area contributed by atoms with Crippen LogP contribution in [0.5, 0.6) is 0 Å². The summed E-state index contributed by atoms with van der Waals surface area (Å²) in [5.41, 5.74) is 0. The fourth-order valence-electron chi connectivity index (χ4n) is 3.66. The zero-order valence-corrected chi connectivity index (χ0v) is 11.1. The zero-order valence-electron chi connectivity index (χ0n) is 11.1. The van der Waals surface area contributed by atoms with Crippen LogP contribution in [-0.4, -0.2) is 34.6 Å². The number of likely N-dealkylation sites (tertiary alicyclic amines) is 1. The van der Waals surface area contributed by atoms with Gasteiger partial charge in [-0.15, -0.1) is 0 Å². The van der Waals surface area contributed by atoms with E-state index < -0.39 is 5.97 Å². The third-order valence-electron chi connectivity index (χ3n) is 4.85. The van der Waals surface area contributed by atoms with E-state index in [1.807, 2.05) is 0 Å². The van der Waals surface area contributed by atoms with Crippen molar-refractivity contribution in [2.75, 3.05) is 6.54 Å². The van der Waals surface area contributed by atoms with E-state index in [-0.39, 0.29) is 6.04 Å². The van der Waals surface area contributed by atoms with Gasteiger partial charge in [-0.2, -0.15) is 0 Å². The van der Waals surface area contributed by atoms with Gasteiger partial charge in [0, 0.05) is 6.04 Å². The highest BCUT2D eigenvalue weighted by Crippen LogP contribution is 2.35. The van der Waals surface area contributed by atoms with Crippen molar-refractivity contribution in [1.82, 2.24) is 4.90 Å². The van der Waals surface area contributed by atoms with Gasteiger partial charge < -0.3 is 5.11 Å². The highest BCUT2D eigenvalue weighted by atomic mass is 16.4. The first kappa shape index (κ1) is 12.9. The minimum atomic E-state index is -0.618. The summed E-state index contributed by atoms with van der Waals surface area (Å²) < 4.78 is 0. The van der Waals surface area contributed by atoms with E-state index in [1.165, 1.54) is 32.1 Å². The number of carboxylic acid groups (broad SMARTS) is 1. The molecule has 2 unspecified atom stereocenters. The van der Waals surface area contributed by atoms with Crippen molar-refractivity contribution in [1.29, 1.82) is 0 Å². The van der Waals surface area contributed by atoms with E-state index in [9.17, 15) is 9.90 Å². The van der Waals surface area contributed by atoms with Crippen molar-refractivity contribution in [2.45, 2.75) is 64.5 Å². The summed E-state index contributed by atoms with van der Waals surface area (Å²) in [5.74, 6) is 0.582. The Morgan fingerprint density at radius 3 is 2.41 bits per heavy atom. The molecule has 2 aliphatic rings. The standard InChI is InChI=1S/C14H25NO2/c1-3-11-4-6-12(7-5-11)15-9-8-10(2)13(15)14(16)17/h10-13H,3-9H2,1-2H3,(H,16,17). The zero-order chi connectivity index (χ0) is 12.4. The molecule has 1 aliphatic heterocycles. The van der Waals surface area contributed by atoms with Crippen LogP contribution in [0.2, 0.25) is 0 Å². The fraction of sp³-hybridized carbons (Fsp3) is 0.929. The molecular weight excluding hydrogens is 214 g/mol. The molecule has 1 saturated carbocycles. The summed E-state index contributed by atoms with van der Waals surface area (Å²) in [7, 11) is 0. The van der Waals surface area contributed by atoms with Crippen molar-refractivity contribution < 1.29 is 9.90 Å². The number of carboxylic acids is 1. The molecule has 3 nitrogen and oxygen atoms in total. The quantitative estimate of drug-likeness (QED) is 0.823. The molecular formula is C14H25NO2. The first-order valence-corrected chi connectivity index (χ1v) is 7.12. The molecule has 17 heavy (non-hydrogen) atoms. The van der Waals surface area contributed by atoms with Gasteiger partial charge >= 0.3 is 5.97 Å². The summed E-state index contributed by atoms with van der Waals surface area (Å²) in [6.07, 6.45) is 7.32. The SMILES string of the molecule is CCC1CCC(N2CCC(C)C2C(=O)O)CC1. The van der Waals surface area contributed by atoms with Crippen LogP contribution < -0.4 is 0 Å². The first-order valence-electron chi connectivity index (χ1n) is 7.12. The predicted molar refractivity (Wildman–Crippen MR) is 67.9 cm³/mol. The summed E-state index contributed by atoms with van der Waals surface area (Å²) in [6, 6.07) is 0.307. The Balaban J connectivity index is 1.96. The molecule has 0 aromatic rings. The molecule has 98 valence electrons. The minimum Gasteiger partial charge on any atom is -0.480 e. The number of carbonyl (C=O) groups is 1. The second-order valence-corrected chi connectivity index (χ2v) is 5.87. The molecule has 2 atom stereocenters. The van der Waals surface area contributed by atoms with Crippen molar-refractivity contribution in [3.63, 3.8) is 0 Å². The van der Waals surface area contributed by atoms with Gasteiger partial charge in [-0.05, 0) is 50.5 Å². The van der Waals surface area contributed by atoms with Crippen molar-refractivity contribution in [2.24, 2.45) is 11.8 Å². The van der Waals surface area contributed by atoms with Gasteiger partial charge in [0.15, 0.2) is 0 Å². The van der Waals surface area contributed by atoms with Crippen LogP contribution in [0, 0.1) is 11.8 Å². The highest BCUT2D eigenvalue weighted by molar-refractivity contribution is 5.74. The van der Waals surface area contributed by atoms with Crippen LogP contribution in [0.15, 0.2) is 0 Å². The molecule has 1 saturated heterocycles. The lowest BCUT2D eigenvalue weighted by atomic mass is 9.83. The molecule has 0 amide bonds. The maximum absolute atomic E-state index is 11.3. The number of aliphatic carboxylic acids is 1. The highest BCUT2D eigenvalue weighted by Gasteiger charge is 2.40. The van der Waals surface area contributed by atoms with Gasteiger partial charge in [-0.1, -0.05) is 20.3 Å². The predicted octanol–water partition coefficient (Wildman–Crippen LogP) is 2.75. The van der Waals surface area contributed by atoms with Gasteiger partial charge in [0.05, 0.1) is 0 Å². The van der Waals surface area contributed by atoms with E-state index >= 15 is 0 Å². The molecule has 0 bridgehead atoms. The largest absolute Gasteiger partial charge is 0.480 e. The van der Waals surface area contributed by atoms with E-state index in [0.717, 1.165) is 18.9 Å². The summed E-state index contributed by atoms with van der Waals surface area (Å²) in [4.78, 5) is 13.6. The molecule has 0 aromatic heterocycles. The maximum Gasteiger partial charge on any atom is 0.321 e. The first-order chi connectivity index (χ1) is 8.13. The molecule has 2 rings (SSSR count). The Labute approximate surface area is 104 Å². The van der Waals surface area contributed by atoms with Crippen molar-refractivity contribution >= 4 is 5.97 Å². The van der Waals surface area contributed by atoms with Crippen molar-refractivity contribution in [3.8, 4) is 0 Å². The van der Waals surface area contributed by atoms with Crippen LogP contribution >= 0.6 is 0 Å². The number of hydrogen-bond acceptors (Lipinski definition) is 2. The van der Waals surface area contributed by atoms with E-state index in [1.54, 1.807) is 0 Å².